The van der Waals surface area contributed by atoms with Crippen LogP contribution in [0.5, 0.6) is 0 Å². The van der Waals surface area contributed by atoms with Gasteiger partial charge in [-0.2, -0.15) is 0 Å². The molecule has 0 heteroatoms. The van der Waals surface area contributed by atoms with Gasteiger partial charge in [0.1, 0.15) is 0 Å². The third-order valence-electron chi connectivity index (χ3n) is 3.52. The summed E-state index contributed by atoms with van der Waals surface area (Å²) >= 11 is 0. The highest BCUT2D eigenvalue weighted by Crippen LogP contribution is 2.44. The van der Waals surface area contributed by atoms with E-state index in [0.717, 1.165) is 6.42 Å². The second kappa shape index (κ2) is 3.42. The monoisotopic (exact) mass is 188 g/mol. The van der Waals surface area contributed by atoms with E-state index < -0.39 is 0 Å². The van der Waals surface area contributed by atoms with E-state index in [2.05, 4.69) is 39.0 Å². The van der Waals surface area contributed by atoms with Gasteiger partial charge in [0.15, 0.2) is 0 Å². The molecular weight excluding hydrogens is 168 g/mol. The van der Waals surface area contributed by atoms with Gasteiger partial charge in [-0.25, -0.2) is 0 Å². The van der Waals surface area contributed by atoms with Crippen LogP contribution >= 0.6 is 0 Å². The molecule has 2 aliphatic carbocycles. The summed E-state index contributed by atoms with van der Waals surface area (Å²) in [4.78, 5) is 0. The Morgan fingerprint density at radius 1 is 1.29 bits per heavy atom. The fourth-order valence-electron chi connectivity index (χ4n) is 2.90. The first-order valence-electron chi connectivity index (χ1n) is 5.68. The summed E-state index contributed by atoms with van der Waals surface area (Å²) in [7, 11) is 0. The Morgan fingerprint density at radius 3 is 2.64 bits per heavy atom. The normalized spacial score (nSPS) is 25.5. The van der Waals surface area contributed by atoms with Crippen molar-refractivity contribution < 1.29 is 0 Å². The molecule has 2 rings (SSSR count). The van der Waals surface area contributed by atoms with Crippen LogP contribution in [0.2, 0.25) is 0 Å². The second-order valence-corrected chi connectivity index (χ2v) is 5.19. The molecule has 0 aromatic carbocycles. The van der Waals surface area contributed by atoms with E-state index in [1.807, 2.05) is 0 Å². The second-order valence-electron chi connectivity index (χ2n) is 5.19. The van der Waals surface area contributed by atoms with Crippen molar-refractivity contribution in [2.24, 2.45) is 5.41 Å². The van der Waals surface area contributed by atoms with E-state index in [1.54, 1.807) is 11.1 Å². The molecule has 0 spiro atoms. The highest BCUT2D eigenvalue weighted by atomic mass is 14.3. The maximum atomic E-state index is 2.39. The van der Waals surface area contributed by atoms with E-state index in [9.17, 15) is 0 Å². The Morgan fingerprint density at radius 2 is 2.07 bits per heavy atom. The summed E-state index contributed by atoms with van der Waals surface area (Å²) in [5.41, 5.74) is 5.12. The van der Waals surface area contributed by atoms with Crippen LogP contribution in [0.15, 0.2) is 34.9 Å². The summed E-state index contributed by atoms with van der Waals surface area (Å²) in [6, 6.07) is 0. The minimum Gasteiger partial charge on any atom is -0.0801 e. The van der Waals surface area contributed by atoms with E-state index in [4.69, 9.17) is 0 Å². The van der Waals surface area contributed by atoms with Crippen molar-refractivity contribution in [1.82, 2.24) is 0 Å². The van der Waals surface area contributed by atoms with Gasteiger partial charge in [0.25, 0.3) is 0 Å². The predicted molar refractivity (Wildman–Crippen MR) is 62.2 cm³/mol. The summed E-state index contributed by atoms with van der Waals surface area (Å²) < 4.78 is 0. The van der Waals surface area contributed by atoms with Gasteiger partial charge in [-0.15, -0.1) is 0 Å². The lowest BCUT2D eigenvalue weighted by atomic mass is 9.70. The van der Waals surface area contributed by atoms with Crippen LogP contribution in [-0.4, -0.2) is 0 Å². The van der Waals surface area contributed by atoms with Gasteiger partial charge in [-0.1, -0.05) is 37.6 Å². The molecule has 0 amide bonds. The van der Waals surface area contributed by atoms with Crippen LogP contribution in [-0.2, 0) is 0 Å². The minimum atomic E-state index is 0.392. The van der Waals surface area contributed by atoms with Crippen LogP contribution in [0.1, 0.15) is 46.5 Å². The molecule has 0 aliphatic heterocycles. The average Bonchev–Trinajstić information content (AvgIpc) is 2.55. The molecule has 0 saturated carbocycles. The SMILES string of the molecule is CC1=C(C2=CCC=C2)C(C)(C)CCC1. The highest BCUT2D eigenvalue weighted by Gasteiger charge is 2.29. The van der Waals surface area contributed by atoms with Crippen LogP contribution in [0.4, 0.5) is 0 Å². The molecule has 0 aromatic heterocycles. The molecule has 0 heterocycles. The van der Waals surface area contributed by atoms with Crippen molar-refractivity contribution in [2.75, 3.05) is 0 Å². The molecule has 14 heavy (non-hydrogen) atoms. The fourth-order valence-corrected chi connectivity index (χ4v) is 2.90. The van der Waals surface area contributed by atoms with E-state index >= 15 is 0 Å². The molecular formula is C14H20. The molecule has 0 saturated heterocycles. The first kappa shape index (κ1) is 9.76. The molecule has 0 nitrogen and oxygen atoms in total. The van der Waals surface area contributed by atoms with Gasteiger partial charge < -0.3 is 0 Å². The molecule has 0 radical (unpaired) electrons. The molecule has 0 bridgehead atoms. The van der Waals surface area contributed by atoms with Gasteiger partial charge in [0.05, 0.1) is 0 Å². The van der Waals surface area contributed by atoms with Crippen molar-refractivity contribution in [3.05, 3.63) is 34.9 Å². The molecule has 0 unspecified atom stereocenters. The number of hydrogen-bond donors (Lipinski definition) is 0. The predicted octanol–water partition coefficient (Wildman–Crippen LogP) is 4.40. The maximum absolute atomic E-state index is 2.39. The summed E-state index contributed by atoms with van der Waals surface area (Å²) in [6.45, 7) is 7.08. The Balaban J connectivity index is 2.42. The molecule has 0 fully saturated rings. The van der Waals surface area contributed by atoms with Gasteiger partial charge in [0.2, 0.25) is 0 Å². The quantitative estimate of drug-likeness (QED) is 0.572. The van der Waals surface area contributed by atoms with Crippen LogP contribution < -0.4 is 0 Å². The standard InChI is InChI=1S/C14H20/c1-11-7-6-10-14(2,3)13(11)12-8-4-5-9-12/h4,8-9H,5-7,10H2,1-3H3. The van der Waals surface area contributed by atoms with Crippen LogP contribution in [0, 0.1) is 5.41 Å². The fraction of sp³-hybridized carbons (Fsp3) is 0.571. The van der Waals surface area contributed by atoms with Gasteiger partial charge in [0, 0.05) is 0 Å². The molecule has 0 atom stereocenters. The molecule has 0 aromatic rings. The topological polar surface area (TPSA) is 0 Å². The number of allylic oxidation sites excluding steroid dienone is 6. The Kier molecular flexibility index (Phi) is 2.38. The summed E-state index contributed by atoms with van der Waals surface area (Å²) in [5, 5.41) is 0. The van der Waals surface area contributed by atoms with Gasteiger partial charge >= 0.3 is 0 Å². The van der Waals surface area contributed by atoms with E-state index in [1.165, 1.54) is 24.8 Å². The van der Waals surface area contributed by atoms with E-state index in [-0.39, 0.29) is 0 Å². The van der Waals surface area contributed by atoms with Crippen molar-refractivity contribution in [3.8, 4) is 0 Å². The van der Waals surface area contributed by atoms with Gasteiger partial charge in [-0.3, -0.25) is 0 Å². The van der Waals surface area contributed by atoms with E-state index in [0.29, 0.717) is 5.41 Å². The zero-order valence-electron chi connectivity index (χ0n) is 9.56. The minimum absolute atomic E-state index is 0.392. The maximum Gasteiger partial charge on any atom is -0.00982 e. The Labute approximate surface area is 87.4 Å². The lowest BCUT2D eigenvalue weighted by Crippen LogP contribution is -2.21. The average molecular weight is 188 g/mol. The summed E-state index contributed by atoms with van der Waals surface area (Å²) in [5.74, 6) is 0. The van der Waals surface area contributed by atoms with Crippen molar-refractivity contribution in [3.63, 3.8) is 0 Å². The first-order chi connectivity index (χ1) is 6.61. The van der Waals surface area contributed by atoms with Crippen molar-refractivity contribution >= 4 is 0 Å². The number of rotatable bonds is 1. The molecule has 0 N–H and O–H groups in total. The molecule has 2 aliphatic rings. The van der Waals surface area contributed by atoms with Crippen molar-refractivity contribution in [1.29, 1.82) is 0 Å². The Bertz CT molecular complexity index is 324. The summed E-state index contributed by atoms with van der Waals surface area (Å²) in [6.07, 6.45) is 12.1. The lowest BCUT2D eigenvalue weighted by Gasteiger charge is -2.35. The van der Waals surface area contributed by atoms with Crippen LogP contribution in [0.25, 0.3) is 0 Å². The van der Waals surface area contributed by atoms with Crippen molar-refractivity contribution in [2.45, 2.75) is 46.5 Å². The van der Waals surface area contributed by atoms with Gasteiger partial charge in [-0.05, 0) is 49.2 Å². The molecule has 76 valence electrons. The Hall–Kier alpha value is -0.780. The third kappa shape index (κ3) is 1.58. The zero-order valence-corrected chi connectivity index (χ0v) is 9.56. The number of hydrogen-bond acceptors (Lipinski definition) is 0. The first-order valence-corrected chi connectivity index (χ1v) is 5.68. The highest BCUT2D eigenvalue weighted by molar-refractivity contribution is 5.49. The third-order valence-corrected chi connectivity index (χ3v) is 3.52. The largest absolute Gasteiger partial charge is 0.0801 e. The lowest BCUT2D eigenvalue weighted by molar-refractivity contribution is 0.374. The van der Waals surface area contributed by atoms with Crippen LogP contribution in [0.3, 0.4) is 0 Å². The smallest absolute Gasteiger partial charge is 0.00982 e. The zero-order chi connectivity index (χ0) is 10.2.